The smallest absolute Gasteiger partial charge is 0.191 e. The highest BCUT2D eigenvalue weighted by Gasteiger charge is 2.28. The van der Waals surface area contributed by atoms with E-state index in [9.17, 15) is 0 Å². The standard InChI is InChI=1S/C20H32N4O3/c1-20(2,24-8-10-25-11-9-24)15-23-19(21-3)22-7-6-16-4-5-17-18(14-16)27-13-12-26-17/h4-5,14H,6-13,15H2,1-3H3,(H2,21,22,23). The zero-order chi connectivity index (χ0) is 19.1. The molecular formula is C20H32N4O3. The van der Waals surface area contributed by atoms with E-state index >= 15 is 0 Å². The van der Waals surface area contributed by atoms with Gasteiger partial charge in [-0.1, -0.05) is 6.07 Å². The second kappa shape index (κ2) is 9.28. The predicted molar refractivity (Wildman–Crippen MR) is 107 cm³/mol. The number of nitrogens with zero attached hydrogens (tertiary/aromatic N) is 2. The molecule has 0 unspecified atom stereocenters. The van der Waals surface area contributed by atoms with Crippen LogP contribution in [-0.2, 0) is 11.2 Å². The lowest BCUT2D eigenvalue weighted by Gasteiger charge is -2.41. The number of fused-ring (bicyclic) bond motifs is 1. The Kier molecular flexibility index (Phi) is 6.79. The van der Waals surface area contributed by atoms with Gasteiger partial charge in [-0.05, 0) is 38.0 Å². The molecule has 2 aliphatic rings. The van der Waals surface area contributed by atoms with E-state index in [4.69, 9.17) is 14.2 Å². The predicted octanol–water partition coefficient (Wildman–Crippen LogP) is 1.28. The highest BCUT2D eigenvalue weighted by Crippen LogP contribution is 2.30. The molecule has 0 saturated carbocycles. The Morgan fingerprint density at radius 1 is 1.07 bits per heavy atom. The maximum Gasteiger partial charge on any atom is 0.191 e. The first-order valence-corrected chi connectivity index (χ1v) is 9.74. The van der Waals surface area contributed by atoms with Crippen molar-refractivity contribution in [1.82, 2.24) is 15.5 Å². The van der Waals surface area contributed by atoms with Crippen LogP contribution < -0.4 is 20.1 Å². The molecule has 1 fully saturated rings. The van der Waals surface area contributed by atoms with Crippen molar-refractivity contribution in [3.8, 4) is 11.5 Å². The fraction of sp³-hybridized carbons (Fsp3) is 0.650. The van der Waals surface area contributed by atoms with E-state index in [2.05, 4.69) is 46.5 Å². The fourth-order valence-corrected chi connectivity index (χ4v) is 3.37. The van der Waals surface area contributed by atoms with Crippen LogP contribution in [0.1, 0.15) is 19.4 Å². The molecule has 1 aromatic carbocycles. The molecule has 0 bridgehead atoms. The summed E-state index contributed by atoms with van der Waals surface area (Å²) >= 11 is 0. The maximum absolute atomic E-state index is 5.65. The highest BCUT2D eigenvalue weighted by atomic mass is 16.6. The van der Waals surface area contributed by atoms with Crippen molar-refractivity contribution in [2.75, 3.05) is 59.7 Å². The lowest BCUT2D eigenvalue weighted by atomic mass is 10.0. The largest absolute Gasteiger partial charge is 0.486 e. The zero-order valence-electron chi connectivity index (χ0n) is 16.7. The van der Waals surface area contributed by atoms with Gasteiger partial charge in [0.1, 0.15) is 13.2 Å². The zero-order valence-corrected chi connectivity index (χ0v) is 16.7. The second-order valence-corrected chi connectivity index (χ2v) is 7.49. The lowest BCUT2D eigenvalue weighted by Crippen LogP contribution is -2.56. The topological polar surface area (TPSA) is 67.4 Å². The molecule has 1 saturated heterocycles. The monoisotopic (exact) mass is 376 g/mol. The van der Waals surface area contributed by atoms with E-state index in [-0.39, 0.29) is 5.54 Å². The number of rotatable bonds is 6. The molecule has 0 atom stereocenters. The van der Waals surface area contributed by atoms with Gasteiger partial charge in [-0.25, -0.2) is 0 Å². The van der Waals surface area contributed by atoms with Crippen LogP contribution in [0.2, 0.25) is 0 Å². The second-order valence-electron chi connectivity index (χ2n) is 7.49. The summed E-state index contributed by atoms with van der Waals surface area (Å²) in [4.78, 5) is 6.81. The fourth-order valence-electron chi connectivity index (χ4n) is 3.37. The Hall–Kier alpha value is -1.99. The molecule has 0 spiro atoms. The summed E-state index contributed by atoms with van der Waals surface area (Å²) in [5.74, 6) is 2.50. The molecule has 2 aliphatic heterocycles. The SMILES string of the molecule is CN=C(NCCc1ccc2c(c1)OCCO2)NCC(C)(C)N1CCOCC1. The summed E-state index contributed by atoms with van der Waals surface area (Å²) in [5.41, 5.74) is 1.27. The molecule has 3 rings (SSSR count). The van der Waals surface area contributed by atoms with Crippen molar-refractivity contribution in [2.24, 2.45) is 4.99 Å². The van der Waals surface area contributed by atoms with E-state index < -0.39 is 0 Å². The Labute approximate surface area is 162 Å². The van der Waals surface area contributed by atoms with Crippen molar-refractivity contribution < 1.29 is 14.2 Å². The molecule has 7 heteroatoms. The molecule has 0 amide bonds. The molecule has 150 valence electrons. The Morgan fingerprint density at radius 2 is 1.81 bits per heavy atom. The van der Waals surface area contributed by atoms with Crippen LogP contribution in [0.5, 0.6) is 11.5 Å². The van der Waals surface area contributed by atoms with Gasteiger partial charge >= 0.3 is 0 Å². The minimum atomic E-state index is 0.0528. The Bertz CT molecular complexity index is 642. The van der Waals surface area contributed by atoms with Crippen molar-refractivity contribution >= 4 is 5.96 Å². The quantitative estimate of drug-likeness (QED) is 0.576. The number of aliphatic imine (C=N–C) groups is 1. The van der Waals surface area contributed by atoms with Crippen molar-refractivity contribution in [1.29, 1.82) is 0 Å². The van der Waals surface area contributed by atoms with Crippen LogP contribution in [0.4, 0.5) is 0 Å². The van der Waals surface area contributed by atoms with Crippen LogP contribution in [-0.4, -0.2) is 76.1 Å². The van der Waals surface area contributed by atoms with Gasteiger partial charge in [0, 0.05) is 38.8 Å². The van der Waals surface area contributed by atoms with E-state index in [1.165, 1.54) is 5.56 Å². The van der Waals surface area contributed by atoms with Crippen LogP contribution in [0.25, 0.3) is 0 Å². The molecule has 27 heavy (non-hydrogen) atoms. The van der Waals surface area contributed by atoms with Crippen LogP contribution in [0.3, 0.4) is 0 Å². The van der Waals surface area contributed by atoms with Gasteiger partial charge in [-0.3, -0.25) is 9.89 Å². The molecular weight excluding hydrogens is 344 g/mol. The number of benzene rings is 1. The minimum absolute atomic E-state index is 0.0528. The van der Waals surface area contributed by atoms with Gasteiger partial charge in [0.15, 0.2) is 17.5 Å². The number of guanidine groups is 1. The third-order valence-corrected chi connectivity index (χ3v) is 5.09. The van der Waals surface area contributed by atoms with Crippen LogP contribution in [0, 0.1) is 0 Å². The lowest BCUT2D eigenvalue weighted by molar-refractivity contribution is -0.00833. The molecule has 0 radical (unpaired) electrons. The number of morpholine rings is 1. The molecule has 0 aliphatic carbocycles. The molecule has 7 nitrogen and oxygen atoms in total. The van der Waals surface area contributed by atoms with Gasteiger partial charge < -0.3 is 24.8 Å². The highest BCUT2D eigenvalue weighted by molar-refractivity contribution is 5.79. The van der Waals surface area contributed by atoms with E-state index in [1.807, 2.05) is 6.07 Å². The summed E-state index contributed by atoms with van der Waals surface area (Å²) in [6.07, 6.45) is 0.893. The number of hydrogen-bond donors (Lipinski definition) is 2. The van der Waals surface area contributed by atoms with Gasteiger partial charge in [0.05, 0.1) is 13.2 Å². The van der Waals surface area contributed by atoms with Crippen LogP contribution >= 0.6 is 0 Å². The van der Waals surface area contributed by atoms with Crippen molar-refractivity contribution in [2.45, 2.75) is 25.8 Å². The number of ether oxygens (including phenoxy) is 3. The Morgan fingerprint density at radius 3 is 2.56 bits per heavy atom. The van der Waals surface area contributed by atoms with E-state index in [0.29, 0.717) is 13.2 Å². The van der Waals surface area contributed by atoms with Crippen LogP contribution in [0.15, 0.2) is 23.2 Å². The number of nitrogens with one attached hydrogen (secondary N) is 2. The van der Waals surface area contributed by atoms with Gasteiger partial charge in [0.2, 0.25) is 0 Å². The third-order valence-electron chi connectivity index (χ3n) is 5.09. The summed E-state index contributed by atoms with van der Waals surface area (Å²) in [5, 5.41) is 6.85. The first kappa shape index (κ1) is 19.8. The number of hydrogen-bond acceptors (Lipinski definition) is 5. The molecule has 2 N–H and O–H groups in total. The van der Waals surface area contributed by atoms with E-state index in [0.717, 1.165) is 63.3 Å². The van der Waals surface area contributed by atoms with Gasteiger partial charge in [-0.15, -0.1) is 0 Å². The van der Waals surface area contributed by atoms with Gasteiger partial charge in [0.25, 0.3) is 0 Å². The van der Waals surface area contributed by atoms with Crippen molar-refractivity contribution in [3.05, 3.63) is 23.8 Å². The third kappa shape index (κ3) is 5.49. The minimum Gasteiger partial charge on any atom is -0.486 e. The average molecular weight is 377 g/mol. The average Bonchev–Trinajstić information content (AvgIpc) is 2.71. The van der Waals surface area contributed by atoms with E-state index in [1.54, 1.807) is 7.05 Å². The summed E-state index contributed by atoms with van der Waals surface area (Å²) in [6.45, 7) is 11.0. The molecule has 1 aromatic rings. The molecule has 2 heterocycles. The summed E-state index contributed by atoms with van der Waals surface area (Å²) in [6, 6.07) is 6.14. The first-order valence-electron chi connectivity index (χ1n) is 9.74. The first-order chi connectivity index (χ1) is 13.1. The maximum atomic E-state index is 5.65. The summed E-state index contributed by atoms with van der Waals surface area (Å²) in [7, 11) is 1.81. The Balaban J connectivity index is 1.44. The normalized spacial score (nSPS) is 18.3. The van der Waals surface area contributed by atoms with Gasteiger partial charge in [-0.2, -0.15) is 0 Å². The molecule has 0 aromatic heterocycles. The summed E-state index contributed by atoms with van der Waals surface area (Å²) < 4.78 is 16.7. The van der Waals surface area contributed by atoms with Crippen molar-refractivity contribution in [3.63, 3.8) is 0 Å².